The smallest absolute Gasteiger partial charge is 0.337 e. The molecule has 6 heteroatoms. The number of pyridine rings is 1. The number of fused-ring (bicyclic) bond motifs is 1. The summed E-state index contributed by atoms with van der Waals surface area (Å²) < 4.78 is 40.8. The van der Waals surface area contributed by atoms with Crippen molar-refractivity contribution >= 4 is 16.7 Å². The fourth-order valence-corrected chi connectivity index (χ4v) is 3.35. The minimum absolute atomic E-state index is 0.0645. The molecule has 1 aromatic carbocycles. The monoisotopic (exact) mass is 346 g/mol. The molecule has 0 saturated carbocycles. The highest BCUT2D eigenvalue weighted by atomic mass is 19.4. The lowest BCUT2D eigenvalue weighted by molar-refractivity contribution is -0.141. The van der Waals surface area contributed by atoms with Gasteiger partial charge in [-0.15, -0.1) is 0 Å². The molecule has 0 radical (unpaired) electrons. The third kappa shape index (κ3) is 2.92. The number of rotatable bonds is 3. The molecule has 2 aromatic heterocycles. The molecule has 0 amide bonds. The first-order valence-electron chi connectivity index (χ1n) is 7.85. The van der Waals surface area contributed by atoms with Crippen LogP contribution in [0.25, 0.3) is 10.9 Å². The van der Waals surface area contributed by atoms with Crippen molar-refractivity contribution in [3.8, 4) is 0 Å². The van der Waals surface area contributed by atoms with Crippen LogP contribution in [-0.2, 0) is 6.18 Å². The van der Waals surface area contributed by atoms with Crippen molar-refractivity contribution in [2.75, 3.05) is 0 Å². The normalized spacial score (nSPS) is 13.2. The molecule has 0 spiro atoms. The molecule has 3 rings (SSSR count). The molecule has 2 heterocycles. The summed E-state index contributed by atoms with van der Waals surface area (Å²) in [5, 5.41) is 0.810. The van der Waals surface area contributed by atoms with Gasteiger partial charge in [-0.1, -0.05) is 18.2 Å². The molecule has 0 N–H and O–H groups in total. The van der Waals surface area contributed by atoms with Crippen LogP contribution in [0.3, 0.4) is 0 Å². The van der Waals surface area contributed by atoms with E-state index in [2.05, 4.69) is 4.98 Å². The number of carbonyl (C=O) groups excluding carboxylic acids is 1. The van der Waals surface area contributed by atoms with E-state index in [-0.39, 0.29) is 11.8 Å². The second-order valence-corrected chi connectivity index (χ2v) is 6.05. The summed E-state index contributed by atoms with van der Waals surface area (Å²) in [4.78, 5) is 15.5. The van der Waals surface area contributed by atoms with Gasteiger partial charge in [0.15, 0.2) is 5.78 Å². The lowest BCUT2D eigenvalue weighted by atomic mass is 10.1. The van der Waals surface area contributed by atoms with E-state index < -0.39 is 11.9 Å². The summed E-state index contributed by atoms with van der Waals surface area (Å²) in [6, 6.07) is 9.68. The molecule has 0 aliphatic heterocycles. The lowest BCUT2D eigenvalue weighted by Gasteiger charge is -2.19. The van der Waals surface area contributed by atoms with Crippen molar-refractivity contribution in [2.45, 2.75) is 33.0 Å². The fourth-order valence-electron chi connectivity index (χ4n) is 3.35. The summed E-state index contributed by atoms with van der Waals surface area (Å²) in [5.41, 5.74) is 1.74. The molecule has 3 nitrogen and oxygen atoms in total. The zero-order valence-corrected chi connectivity index (χ0v) is 14.1. The van der Waals surface area contributed by atoms with Crippen LogP contribution in [0.2, 0.25) is 0 Å². The Balaban J connectivity index is 2.20. The van der Waals surface area contributed by atoms with Crippen LogP contribution in [0.4, 0.5) is 13.2 Å². The largest absolute Gasteiger partial charge is 0.433 e. The summed E-state index contributed by atoms with van der Waals surface area (Å²) in [7, 11) is 0. The van der Waals surface area contributed by atoms with Gasteiger partial charge in [-0.25, -0.2) is 0 Å². The quantitative estimate of drug-likeness (QED) is 0.613. The maximum Gasteiger partial charge on any atom is 0.433 e. The first-order valence-corrected chi connectivity index (χ1v) is 7.85. The maximum atomic E-state index is 13.0. The van der Waals surface area contributed by atoms with Crippen molar-refractivity contribution in [3.63, 3.8) is 0 Å². The van der Waals surface area contributed by atoms with Crippen LogP contribution >= 0.6 is 0 Å². The Labute approximate surface area is 143 Å². The van der Waals surface area contributed by atoms with Crippen LogP contribution in [0, 0.1) is 6.92 Å². The molecule has 0 bridgehead atoms. The van der Waals surface area contributed by atoms with Crippen molar-refractivity contribution in [2.24, 2.45) is 0 Å². The third-order valence-electron chi connectivity index (χ3n) is 4.45. The Hall–Kier alpha value is -2.63. The molecule has 3 aromatic rings. The van der Waals surface area contributed by atoms with Crippen LogP contribution in [0.15, 0.2) is 42.6 Å². The highest BCUT2D eigenvalue weighted by Crippen LogP contribution is 2.34. The standard InChI is InChI=1S/C19H17F3N2O/c1-11(14-8-9-23-17(10-14)19(20,21)22)24-12(2)18(13(3)25)15-6-4-5-7-16(15)24/h4-11H,1-3H3. The number of nitrogens with zero attached hydrogens (tertiary/aromatic N) is 2. The SMILES string of the molecule is CC(=O)c1c(C)n(C(C)c2ccnc(C(F)(F)F)c2)c2ccccc12. The number of carbonyl (C=O) groups is 1. The van der Waals surface area contributed by atoms with E-state index in [1.165, 1.54) is 13.1 Å². The first-order chi connectivity index (χ1) is 11.7. The Morgan fingerprint density at radius 2 is 1.88 bits per heavy atom. The summed E-state index contributed by atoms with van der Waals surface area (Å²) in [6.45, 7) is 5.13. The van der Waals surface area contributed by atoms with Gasteiger partial charge < -0.3 is 4.57 Å². The topological polar surface area (TPSA) is 34.9 Å². The van der Waals surface area contributed by atoms with E-state index in [0.29, 0.717) is 11.1 Å². The van der Waals surface area contributed by atoms with E-state index in [1.807, 2.05) is 42.7 Å². The minimum Gasteiger partial charge on any atom is -0.337 e. The van der Waals surface area contributed by atoms with E-state index in [9.17, 15) is 18.0 Å². The third-order valence-corrected chi connectivity index (χ3v) is 4.45. The number of hydrogen-bond acceptors (Lipinski definition) is 2. The number of halogens is 3. The van der Waals surface area contributed by atoms with E-state index in [4.69, 9.17) is 0 Å². The van der Waals surface area contributed by atoms with E-state index >= 15 is 0 Å². The maximum absolute atomic E-state index is 13.0. The molecular weight excluding hydrogens is 329 g/mol. The lowest BCUT2D eigenvalue weighted by Crippen LogP contribution is -2.13. The van der Waals surface area contributed by atoms with Crippen molar-refractivity contribution in [1.29, 1.82) is 0 Å². The number of benzene rings is 1. The Kier molecular flexibility index (Phi) is 4.14. The number of hydrogen-bond donors (Lipinski definition) is 0. The molecule has 25 heavy (non-hydrogen) atoms. The van der Waals surface area contributed by atoms with Gasteiger partial charge in [0.2, 0.25) is 0 Å². The van der Waals surface area contributed by atoms with Gasteiger partial charge in [0.25, 0.3) is 0 Å². The van der Waals surface area contributed by atoms with E-state index in [0.717, 1.165) is 22.7 Å². The second kappa shape index (κ2) is 6.02. The molecular formula is C19H17F3N2O. The average molecular weight is 346 g/mol. The average Bonchev–Trinajstić information content (AvgIpc) is 2.85. The van der Waals surface area contributed by atoms with E-state index in [1.54, 1.807) is 6.07 Å². The Morgan fingerprint density at radius 1 is 1.20 bits per heavy atom. The van der Waals surface area contributed by atoms with Crippen LogP contribution < -0.4 is 0 Å². The first kappa shape index (κ1) is 17.2. The molecule has 1 atom stereocenters. The summed E-state index contributed by atoms with van der Waals surface area (Å²) in [5.74, 6) is -0.0645. The predicted octanol–water partition coefficient (Wildman–Crippen LogP) is 5.18. The molecule has 0 aliphatic carbocycles. The highest BCUT2D eigenvalue weighted by molar-refractivity contribution is 6.08. The number of Topliss-reactive ketones (excluding diaryl/α,β-unsaturated/α-hetero) is 1. The van der Waals surface area contributed by atoms with Gasteiger partial charge in [-0.3, -0.25) is 9.78 Å². The van der Waals surface area contributed by atoms with Crippen LogP contribution in [0.1, 0.15) is 47.2 Å². The molecule has 0 fully saturated rings. The van der Waals surface area contributed by atoms with Gasteiger partial charge in [-0.05, 0) is 44.5 Å². The van der Waals surface area contributed by atoms with Gasteiger partial charge in [-0.2, -0.15) is 13.2 Å². The molecule has 130 valence electrons. The number of aromatic nitrogens is 2. The van der Waals surface area contributed by atoms with Crippen molar-refractivity contribution < 1.29 is 18.0 Å². The van der Waals surface area contributed by atoms with Gasteiger partial charge in [0.1, 0.15) is 5.69 Å². The zero-order valence-electron chi connectivity index (χ0n) is 14.1. The van der Waals surface area contributed by atoms with Crippen molar-refractivity contribution in [3.05, 3.63) is 65.1 Å². The Morgan fingerprint density at radius 3 is 2.52 bits per heavy atom. The number of para-hydroxylation sites is 1. The van der Waals surface area contributed by atoms with Gasteiger partial charge >= 0.3 is 6.18 Å². The molecule has 1 unspecified atom stereocenters. The highest BCUT2D eigenvalue weighted by Gasteiger charge is 2.33. The van der Waals surface area contributed by atoms with Crippen LogP contribution in [0.5, 0.6) is 0 Å². The fraction of sp³-hybridized carbons (Fsp3) is 0.263. The molecule has 0 saturated heterocycles. The zero-order chi connectivity index (χ0) is 18.4. The van der Waals surface area contributed by atoms with Crippen molar-refractivity contribution in [1.82, 2.24) is 9.55 Å². The van der Waals surface area contributed by atoms with Gasteiger partial charge in [0, 0.05) is 28.4 Å². The number of alkyl halides is 3. The Bertz CT molecular complexity index is 957. The summed E-state index contributed by atoms with van der Waals surface area (Å²) in [6.07, 6.45) is -3.32. The number of ketones is 1. The minimum atomic E-state index is -4.49. The second-order valence-electron chi connectivity index (χ2n) is 6.05. The summed E-state index contributed by atoms with van der Waals surface area (Å²) >= 11 is 0. The van der Waals surface area contributed by atoms with Gasteiger partial charge in [0.05, 0.1) is 6.04 Å². The molecule has 0 aliphatic rings. The van der Waals surface area contributed by atoms with Crippen LogP contribution in [-0.4, -0.2) is 15.3 Å². The predicted molar refractivity (Wildman–Crippen MR) is 89.7 cm³/mol.